The zero-order chi connectivity index (χ0) is 13.1. The Bertz CT molecular complexity index is 447. The van der Waals surface area contributed by atoms with E-state index in [9.17, 15) is 9.90 Å². The average molecular weight is 251 g/mol. The Morgan fingerprint density at radius 3 is 2.67 bits per heavy atom. The fraction of sp³-hybridized carbons (Fsp3) is 0.462. The largest absolute Gasteiger partial charge is 0.493 e. The number of aliphatic hydroxyl groups excluding tert-OH is 1. The molecule has 0 unspecified atom stereocenters. The van der Waals surface area contributed by atoms with Crippen molar-refractivity contribution in [3.8, 4) is 11.5 Å². The van der Waals surface area contributed by atoms with Crippen molar-refractivity contribution in [2.24, 2.45) is 0 Å². The molecular weight excluding hydrogens is 234 g/mol. The topological polar surface area (TPSA) is 67.8 Å². The van der Waals surface area contributed by atoms with Crippen molar-refractivity contribution in [2.75, 3.05) is 20.8 Å². The molecule has 0 saturated carbocycles. The smallest absolute Gasteiger partial charge is 0.221 e. The molecule has 0 aliphatic carbocycles. The van der Waals surface area contributed by atoms with Crippen LogP contribution in [-0.2, 0) is 4.79 Å². The Morgan fingerprint density at radius 1 is 1.33 bits per heavy atom. The number of carbonyl (C=O) groups excluding carboxylic acids is 1. The summed E-state index contributed by atoms with van der Waals surface area (Å²) in [5.41, 5.74) is 0.963. The molecule has 1 heterocycles. The van der Waals surface area contributed by atoms with Crippen molar-refractivity contribution in [3.05, 3.63) is 23.8 Å². The number of aliphatic hydroxyl groups is 1. The number of carbonyl (C=O) groups is 1. The van der Waals surface area contributed by atoms with Crippen molar-refractivity contribution in [1.29, 1.82) is 0 Å². The second kappa shape index (κ2) is 5.27. The number of ether oxygens (including phenoxy) is 2. The SMILES string of the molecule is COc1ccc([C@H]2CC(=O)N[C@H]2CO)cc1OC. The highest BCUT2D eigenvalue weighted by Gasteiger charge is 2.33. The van der Waals surface area contributed by atoms with E-state index in [0.29, 0.717) is 17.9 Å². The van der Waals surface area contributed by atoms with Crippen LogP contribution in [-0.4, -0.2) is 37.9 Å². The van der Waals surface area contributed by atoms with Crippen LogP contribution < -0.4 is 14.8 Å². The number of methoxy groups -OCH3 is 2. The minimum absolute atomic E-state index is 0.0256. The first-order valence-corrected chi connectivity index (χ1v) is 5.81. The van der Waals surface area contributed by atoms with E-state index in [1.807, 2.05) is 18.2 Å². The minimum atomic E-state index is -0.226. The van der Waals surface area contributed by atoms with Crippen LogP contribution in [0.25, 0.3) is 0 Å². The molecule has 98 valence electrons. The van der Waals surface area contributed by atoms with Crippen LogP contribution in [0.1, 0.15) is 17.9 Å². The number of rotatable bonds is 4. The molecule has 2 N–H and O–H groups in total. The molecule has 1 aromatic rings. The van der Waals surface area contributed by atoms with Gasteiger partial charge in [0.05, 0.1) is 26.9 Å². The monoisotopic (exact) mass is 251 g/mol. The van der Waals surface area contributed by atoms with Gasteiger partial charge in [-0.05, 0) is 17.7 Å². The molecule has 0 radical (unpaired) electrons. The van der Waals surface area contributed by atoms with Crippen LogP contribution in [0.2, 0.25) is 0 Å². The fourth-order valence-corrected chi connectivity index (χ4v) is 2.31. The van der Waals surface area contributed by atoms with Gasteiger partial charge in [-0.2, -0.15) is 0 Å². The highest BCUT2D eigenvalue weighted by Crippen LogP contribution is 2.34. The standard InChI is InChI=1S/C13H17NO4/c1-17-11-4-3-8(5-12(11)18-2)9-6-13(16)14-10(9)7-15/h3-5,9-10,15H,6-7H2,1-2H3,(H,14,16)/t9-,10+/m1/s1. The van der Waals surface area contributed by atoms with Crippen molar-refractivity contribution in [3.63, 3.8) is 0 Å². The summed E-state index contributed by atoms with van der Waals surface area (Å²) < 4.78 is 10.4. The molecule has 18 heavy (non-hydrogen) atoms. The summed E-state index contributed by atoms with van der Waals surface area (Å²) in [6.07, 6.45) is 0.390. The fourth-order valence-electron chi connectivity index (χ4n) is 2.31. The third-order valence-electron chi connectivity index (χ3n) is 3.27. The minimum Gasteiger partial charge on any atom is -0.493 e. The maximum atomic E-state index is 11.4. The van der Waals surface area contributed by atoms with Gasteiger partial charge < -0.3 is 19.9 Å². The van der Waals surface area contributed by atoms with Crippen LogP contribution in [0.4, 0.5) is 0 Å². The first-order valence-electron chi connectivity index (χ1n) is 5.81. The molecule has 1 saturated heterocycles. The van der Waals surface area contributed by atoms with Crippen LogP contribution in [0.3, 0.4) is 0 Å². The molecular formula is C13H17NO4. The van der Waals surface area contributed by atoms with Crippen molar-refractivity contribution in [2.45, 2.75) is 18.4 Å². The lowest BCUT2D eigenvalue weighted by Crippen LogP contribution is -2.31. The number of hydrogen-bond acceptors (Lipinski definition) is 4. The molecule has 1 amide bonds. The third-order valence-corrected chi connectivity index (χ3v) is 3.27. The Balaban J connectivity index is 2.30. The summed E-state index contributed by atoms with van der Waals surface area (Å²) >= 11 is 0. The number of amides is 1. The predicted molar refractivity (Wildman–Crippen MR) is 65.9 cm³/mol. The molecule has 2 atom stereocenters. The van der Waals surface area contributed by atoms with Gasteiger partial charge in [0.15, 0.2) is 11.5 Å². The molecule has 0 aromatic heterocycles. The Hall–Kier alpha value is -1.75. The maximum Gasteiger partial charge on any atom is 0.221 e. The van der Waals surface area contributed by atoms with Gasteiger partial charge in [-0.1, -0.05) is 6.07 Å². The molecule has 5 heteroatoms. The van der Waals surface area contributed by atoms with Gasteiger partial charge in [-0.3, -0.25) is 4.79 Å². The zero-order valence-corrected chi connectivity index (χ0v) is 10.5. The number of nitrogens with one attached hydrogen (secondary N) is 1. The van der Waals surface area contributed by atoms with Gasteiger partial charge in [-0.25, -0.2) is 0 Å². The predicted octanol–water partition coefficient (Wildman–Crippen LogP) is 0.668. The normalized spacial score (nSPS) is 22.7. The van der Waals surface area contributed by atoms with E-state index < -0.39 is 0 Å². The number of hydrogen-bond donors (Lipinski definition) is 2. The molecule has 2 rings (SSSR count). The lowest BCUT2D eigenvalue weighted by molar-refractivity contribution is -0.119. The van der Waals surface area contributed by atoms with E-state index in [1.165, 1.54) is 0 Å². The summed E-state index contributed by atoms with van der Waals surface area (Å²) in [6, 6.07) is 5.34. The van der Waals surface area contributed by atoms with E-state index >= 15 is 0 Å². The van der Waals surface area contributed by atoms with Crippen LogP contribution in [0.15, 0.2) is 18.2 Å². The van der Waals surface area contributed by atoms with E-state index in [-0.39, 0.29) is 24.5 Å². The molecule has 0 spiro atoms. The van der Waals surface area contributed by atoms with E-state index in [4.69, 9.17) is 9.47 Å². The van der Waals surface area contributed by atoms with Gasteiger partial charge in [0.25, 0.3) is 0 Å². The molecule has 1 aliphatic rings. The summed E-state index contributed by atoms with van der Waals surface area (Å²) in [5, 5.41) is 12.0. The summed E-state index contributed by atoms with van der Waals surface area (Å²) in [5.74, 6) is 1.22. The molecule has 1 aromatic carbocycles. The quantitative estimate of drug-likeness (QED) is 0.825. The van der Waals surface area contributed by atoms with E-state index in [0.717, 1.165) is 5.56 Å². The highest BCUT2D eigenvalue weighted by molar-refractivity contribution is 5.80. The molecule has 1 fully saturated rings. The van der Waals surface area contributed by atoms with Gasteiger partial charge in [0, 0.05) is 12.3 Å². The Kier molecular flexibility index (Phi) is 3.72. The number of benzene rings is 1. The van der Waals surface area contributed by atoms with Gasteiger partial charge in [0.1, 0.15) is 0 Å². The summed E-state index contributed by atoms with van der Waals surface area (Å²) in [7, 11) is 3.15. The summed E-state index contributed by atoms with van der Waals surface area (Å²) in [6.45, 7) is -0.0647. The van der Waals surface area contributed by atoms with Crippen molar-refractivity contribution >= 4 is 5.91 Å². The molecule has 0 bridgehead atoms. The lowest BCUT2D eigenvalue weighted by atomic mass is 9.92. The van der Waals surface area contributed by atoms with E-state index in [2.05, 4.69) is 5.32 Å². The molecule has 5 nitrogen and oxygen atoms in total. The lowest BCUT2D eigenvalue weighted by Gasteiger charge is -2.18. The second-order valence-corrected chi connectivity index (χ2v) is 4.28. The Labute approximate surface area is 106 Å². The van der Waals surface area contributed by atoms with Gasteiger partial charge in [0.2, 0.25) is 5.91 Å². The first kappa shape index (κ1) is 12.7. The van der Waals surface area contributed by atoms with E-state index in [1.54, 1.807) is 14.2 Å². The third kappa shape index (κ3) is 2.26. The summed E-state index contributed by atoms with van der Waals surface area (Å²) in [4.78, 5) is 11.4. The second-order valence-electron chi connectivity index (χ2n) is 4.28. The average Bonchev–Trinajstić information content (AvgIpc) is 2.79. The highest BCUT2D eigenvalue weighted by atomic mass is 16.5. The zero-order valence-electron chi connectivity index (χ0n) is 10.5. The van der Waals surface area contributed by atoms with Crippen LogP contribution in [0, 0.1) is 0 Å². The van der Waals surface area contributed by atoms with Gasteiger partial charge in [-0.15, -0.1) is 0 Å². The van der Waals surface area contributed by atoms with Crippen molar-refractivity contribution < 1.29 is 19.4 Å². The van der Waals surface area contributed by atoms with Crippen molar-refractivity contribution in [1.82, 2.24) is 5.32 Å². The van der Waals surface area contributed by atoms with Crippen LogP contribution >= 0.6 is 0 Å². The van der Waals surface area contributed by atoms with Crippen LogP contribution in [0.5, 0.6) is 11.5 Å². The molecule has 1 aliphatic heterocycles. The van der Waals surface area contributed by atoms with Gasteiger partial charge >= 0.3 is 0 Å². The Morgan fingerprint density at radius 2 is 2.06 bits per heavy atom. The maximum absolute atomic E-state index is 11.4. The first-order chi connectivity index (χ1) is 8.69.